The first-order valence-corrected chi connectivity index (χ1v) is 9.97. The number of para-hydroxylation sites is 1. The van der Waals surface area contributed by atoms with E-state index in [4.69, 9.17) is 4.74 Å². The lowest BCUT2D eigenvalue weighted by Crippen LogP contribution is -2.38. The number of halogens is 1. The van der Waals surface area contributed by atoms with Crippen molar-refractivity contribution in [1.82, 2.24) is 4.90 Å². The summed E-state index contributed by atoms with van der Waals surface area (Å²) in [6.45, 7) is 1.67. The van der Waals surface area contributed by atoms with Gasteiger partial charge in [-0.25, -0.2) is 4.39 Å². The van der Waals surface area contributed by atoms with E-state index in [9.17, 15) is 18.8 Å². The van der Waals surface area contributed by atoms with Crippen LogP contribution in [0.1, 0.15) is 18.9 Å². The number of carbonyl (C=O) groups is 3. The van der Waals surface area contributed by atoms with E-state index < -0.39 is 23.2 Å². The molecule has 0 radical (unpaired) electrons. The quantitative estimate of drug-likeness (QED) is 0.732. The number of thioether (sulfide) groups is 1. The molecule has 1 heterocycles. The number of nitrogens with one attached hydrogen (secondary N) is 1. The summed E-state index contributed by atoms with van der Waals surface area (Å²) in [7, 11) is 1.55. The summed E-state index contributed by atoms with van der Waals surface area (Å²) in [5, 5.41) is 2.15. The molecule has 2 aromatic carbocycles. The van der Waals surface area contributed by atoms with Crippen LogP contribution in [0.2, 0.25) is 0 Å². The fourth-order valence-corrected chi connectivity index (χ4v) is 4.07. The summed E-state index contributed by atoms with van der Waals surface area (Å²) in [6, 6.07) is 13.3. The van der Waals surface area contributed by atoms with Gasteiger partial charge in [-0.2, -0.15) is 0 Å². The van der Waals surface area contributed by atoms with Gasteiger partial charge in [0, 0.05) is 18.5 Å². The minimum atomic E-state index is -1.01. The molecule has 2 amide bonds. The Morgan fingerprint density at radius 1 is 1.24 bits per heavy atom. The number of hydrogen-bond donors (Lipinski definition) is 1. The molecule has 8 heteroatoms. The Labute approximate surface area is 172 Å². The Balaban J connectivity index is 1.53. The number of carbonyl (C=O) groups excluding carboxylic acids is 3. The molecule has 0 saturated heterocycles. The Bertz CT molecular complexity index is 936. The van der Waals surface area contributed by atoms with E-state index in [-0.39, 0.29) is 24.7 Å². The summed E-state index contributed by atoms with van der Waals surface area (Å²) in [5.41, 5.74) is 1.35. The van der Waals surface area contributed by atoms with Crippen LogP contribution in [0.3, 0.4) is 0 Å². The summed E-state index contributed by atoms with van der Waals surface area (Å²) >= 11 is 1.29. The highest BCUT2D eigenvalue weighted by Crippen LogP contribution is 2.36. The number of anilines is 1. The second kappa shape index (κ2) is 9.09. The van der Waals surface area contributed by atoms with Crippen molar-refractivity contribution in [2.75, 3.05) is 12.4 Å². The van der Waals surface area contributed by atoms with Crippen LogP contribution in [0.15, 0.2) is 53.4 Å². The number of fused-ring (bicyclic) bond motifs is 1. The highest BCUT2D eigenvalue weighted by Gasteiger charge is 2.31. The predicted molar refractivity (Wildman–Crippen MR) is 108 cm³/mol. The van der Waals surface area contributed by atoms with E-state index in [0.717, 1.165) is 10.6 Å². The third-order valence-electron chi connectivity index (χ3n) is 4.40. The second-order valence-corrected chi connectivity index (χ2v) is 8.00. The van der Waals surface area contributed by atoms with E-state index in [1.807, 2.05) is 18.2 Å². The van der Waals surface area contributed by atoms with Crippen LogP contribution in [-0.2, 0) is 25.7 Å². The third-order valence-corrected chi connectivity index (χ3v) is 5.67. The molecule has 2 atom stereocenters. The standard InChI is InChI=1S/C21H21FN2O4S/c1-13(21(27)24(2)12-14-6-5-7-15(22)10-14)28-19(25)11-18-20(26)23-16-8-3-4-9-17(16)29-18/h3-10,13,18H,11-12H2,1-2H3,(H,23,26). The molecule has 1 N–H and O–H groups in total. The second-order valence-electron chi connectivity index (χ2n) is 6.75. The van der Waals surface area contributed by atoms with E-state index in [0.29, 0.717) is 5.56 Å². The van der Waals surface area contributed by atoms with Crippen molar-refractivity contribution in [2.24, 2.45) is 0 Å². The van der Waals surface area contributed by atoms with Gasteiger partial charge in [-0.15, -0.1) is 11.8 Å². The van der Waals surface area contributed by atoms with Gasteiger partial charge in [0.2, 0.25) is 5.91 Å². The van der Waals surface area contributed by atoms with Crippen LogP contribution >= 0.6 is 11.8 Å². The number of hydrogen-bond acceptors (Lipinski definition) is 5. The number of amides is 2. The molecule has 1 aliphatic heterocycles. The zero-order chi connectivity index (χ0) is 21.0. The van der Waals surface area contributed by atoms with Crippen molar-refractivity contribution >= 4 is 35.2 Å². The van der Waals surface area contributed by atoms with Crippen molar-refractivity contribution in [3.8, 4) is 0 Å². The van der Waals surface area contributed by atoms with Crippen molar-refractivity contribution in [2.45, 2.75) is 36.1 Å². The summed E-state index contributed by atoms with van der Waals surface area (Å²) in [5.74, 6) is -1.69. The molecule has 0 saturated carbocycles. The molecule has 0 fully saturated rings. The highest BCUT2D eigenvalue weighted by molar-refractivity contribution is 8.01. The molecular weight excluding hydrogens is 395 g/mol. The lowest BCUT2D eigenvalue weighted by Gasteiger charge is -2.25. The minimum Gasteiger partial charge on any atom is -0.452 e. The van der Waals surface area contributed by atoms with Gasteiger partial charge < -0.3 is 15.0 Å². The van der Waals surface area contributed by atoms with Crippen LogP contribution in [-0.4, -0.2) is 41.1 Å². The van der Waals surface area contributed by atoms with Crippen molar-refractivity contribution in [3.05, 3.63) is 59.9 Å². The summed E-state index contributed by atoms with van der Waals surface area (Å²) in [6.07, 6.45) is -1.15. The number of esters is 1. The monoisotopic (exact) mass is 416 g/mol. The van der Waals surface area contributed by atoms with Crippen LogP contribution in [0.5, 0.6) is 0 Å². The molecule has 152 valence electrons. The summed E-state index contributed by atoms with van der Waals surface area (Å²) < 4.78 is 18.5. The van der Waals surface area contributed by atoms with Gasteiger partial charge >= 0.3 is 5.97 Å². The van der Waals surface area contributed by atoms with E-state index in [2.05, 4.69) is 5.32 Å². The molecule has 0 bridgehead atoms. The molecule has 0 spiro atoms. The first kappa shape index (κ1) is 20.9. The molecule has 1 aliphatic rings. The molecule has 2 aromatic rings. The van der Waals surface area contributed by atoms with Crippen molar-refractivity contribution in [3.63, 3.8) is 0 Å². The first-order chi connectivity index (χ1) is 13.8. The lowest BCUT2D eigenvalue weighted by molar-refractivity contribution is -0.159. The Morgan fingerprint density at radius 2 is 2.00 bits per heavy atom. The van der Waals surface area contributed by atoms with E-state index in [1.165, 1.54) is 35.7 Å². The average molecular weight is 416 g/mol. The molecule has 2 unspecified atom stereocenters. The normalized spacial score (nSPS) is 16.4. The Kier molecular flexibility index (Phi) is 6.53. The maximum Gasteiger partial charge on any atom is 0.308 e. The van der Waals surface area contributed by atoms with Gasteiger partial charge in [0.15, 0.2) is 6.10 Å². The average Bonchev–Trinajstić information content (AvgIpc) is 2.67. The molecule has 0 aromatic heterocycles. The zero-order valence-corrected chi connectivity index (χ0v) is 16.9. The largest absolute Gasteiger partial charge is 0.452 e. The van der Waals surface area contributed by atoms with E-state index in [1.54, 1.807) is 25.2 Å². The number of ether oxygens (including phenoxy) is 1. The highest BCUT2D eigenvalue weighted by atomic mass is 32.2. The smallest absolute Gasteiger partial charge is 0.308 e. The van der Waals surface area contributed by atoms with Crippen LogP contribution in [0.4, 0.5) is 10.1 Å². The van der Waals surface area contributed by atoms with Gasteiger partial charge in [-0.1, -0.05) is 24.3 Å². The topological polar surface area (TPSA) is 75.7 Å². The van der Waals surface area contributed by atoms with Gasteiger partial charge in [0.1, 0.15) is 5.82 Å². The third kappa shape index (κ3) is 5.35. The molecule has 6 nitrogen and oxygen atoms in total. The molecule has 3 rings (SSSR count). The number of nitrogens with zero attached hydrogens (tertiary/aromatic N) is 1. The van der Waals surface area contributed by atoms with Gasteiger partial charge in [-0.05, 0) is 36.8 Å². The Morgan fingerprint density at radius 3 is 2.76 bits per heavy atom. The lowest BCUT2D eigenvalue weighted by atomic mass is 10.2. The van der Waals surface area contributed by atoms with Gasteiger partial charge in [0.25, 0.3) is 5.91 Å². The predicted octanol–water partition coefficient (Wildman–Crippen LogP) is 3.22. The minimum absolute atomic E-state index is 0.143. The summed E-state index contributed by atoms with van der Waals surface area (Å²) in [4.78, 5) is 39.2. The molecule has 29 heavy (non-hydrogen) atoms. The van der Waals surface area contributed by atoms with Crippen molar-refractivity contribution in [1.29, 1.82) is 0 Å². The van der Waals surface area contributed by atoms with Gasteiger partial charge in [0.05, 0.1) is 17.4 Å². The van der Waals surface area contributed by atoms with Crippen LogP contribution in [0, 0.1) is 5.82 Å². The Hall–Kier alpha value is -2.87. The number of likely N-dealkylation sites (N-methyl/N-ethyl adjacent to an activating group) is 1. The fourth-order valence-electron chi connectivity index (χ4n) is 2.97. The maximum absolute atomic E-state index is 13.3. The number of rotatable bonds is 6. The van der Waals surface area contributed by atoms with Crippen LogP contribution < -0.4 is 5.32 Å². The van der Waals surface area contributed by atoms with Crippen LogP contribution in [0.25, 0.3) is 0 Å². The maximum atomic E-state index is 13.3. The van der Waals surface area contributed by atoms with Gasteiger partial charge in [-0.3, -0.25) is 14.4 Å². The molecule has 0 aliphatic carbocycles. The van der Waals surface area contributed by atoms with Crippen molar-refractivity contribution < 1.29 is 23.5 Å². The SMILES string of the molecule is CC(OC(=O)CC1Sc2ccccc2NC1=O)C(=O)N(C)Cc1cccc(F)c1. The zero-order valence-electron chi connectivity index (χ0n) is 16.1. The molecular formula is C21H21FN2O4S. The first-order valence-electron chi connectivity index (χ1n) is 9.09. The number of benzene rings is 2. The fraction of sp³-hybridized carbons (Fsp3) is 0.286. The van der Waals surface area contributed by atoms with E-state index >= 15 is 0 Å².